The fourth-order valence-electron chi connectivity index (χ4n) is 2.68. The lowest BCUT2D eigenvalue weighted by atomic mass is 9.75. The standard InChI is InChI=1S/C15H19F2NO/c1-10-8-11(16)9-12(17)13(10)18-14(19)15(2)6-4-3-5-7-15/h8-9H,3-7H2,1-2H3,(H,18,19). The van der Waals surface area contributed by atoms with Crippen LogP contribution in [0.3, 0.4) is 0 Å². The highest BCUT2D eigenvalue weighted by molar-refractivity contribution is 5.95. The molecule has 1 amide bonds. The Bertz CT molecular complexity index is 470. The molecule has 1 saturated carbocycles. The summed E-state index contributed by atoms with van der Waals surface area (Å²) in [5, 5.41) is 2.64. The first kappa shape index (κ1) is 14.0. The molecule has 0 radical (unpaired) electrons. The molecule has 1 fully saturated rings. The number of hydrogen-bond donors (Lipinski definition) is 1. The third-order valence-corrected chi connectivity index (χ3v) is 4.00. The predicted octanol–water partition coefficient (Wildman–Crippen LogP) is 4.18. The summed E-state index contributed by atoms with van der Waals surface area (Å²) in [4.78, 5) is 12.3. The number of nitrogens with one attached hydrogen (secondary N) is 1. The third-order valence-electron chi connectivity index (χ3n) is 4.00. The van der Waals surface area contributed by atoms with Crippen molar-refractivity contribution in [2.45, 2.75) is 46.0 Å². The minimum atomic E-state index is -0.717. The van der Waals surface area contributed by atoms with Crippen molar-refractivity contribution in [1.82, 2.24) is 0 Å². The van der Waals surface area contributed by atoms with Crippen LogP contribution in [0.4, 0.5) is 14.5 Å². The second kappa shape index (κ2) is 5.27. The Morgan fingerprint density at radius 2 is 1.84 bits per heavy atom. The van der Waals surface area contributed by atoms with Crippen LogP contribution in [0.2, 0.25) is 0 Å². The fraction of sp³-hybridized carbons (Fsp3) is 0.533. The van der Waals surface area contributed by atoms with Gasteiger partial charge in [-0.1, -0.05) is 26.2 Å². The zero-order valence-electron chi connectivity index (χ0n) is 11.4. The Morgan fingerprint density at radius 3 is 2.42 bits per heavy atom. The van der Waals surface area contributed by atoms with Crippen LogP contribution >= 0.6 is 0 Å². The van der Waals surface area contributed by atoms with E-state index in [1.807, 2.05) is 6.92 Å². The first-order chi connectivity index (χ1) is 8.92. The van der Waals surface area contributed by atoms with Gasteiger partial charge in [0, 0.05) is 11.5 Å². The van der Waals surface area contributed by atoms with Gasteiger partial charge in [0.2, 0.25) is 5.91 Å². The molecule has 1 N–H and O–H groups in total. The van der Waals surface area contributed by atoms with Crippen molar-refractivity contribution in [1.29, 1.82) is 0 Å². The van der Waals surface area contributed by atoms with Gasteiger partial charge in [-0.2, -0.15) is 0 Å². The van der Waals surface area contributed by atoms with Crippen LogP contribution < -0.4 is 5.32 Å². The zero-order chi connectivity index (χ0) is 14.0. The molecule has 0 bridgehead atoms. The van der Waals surface area contributed by atoms with Crippen molar-refractivity contribution in [3.05, 3.63) is 29.3 Å². The molecule has 2 nitrogen and oxygen atoms in total. The molecule has 0 heterocycles. The predicted molar refractivity (Wildman–Crippen MR) is 70.9 cm³/mol. The van der Waals surface area contributed by atoms with Gasteiger partial charge in [-0.25, -0.2) is 8.78 Å². The number of hydrogen-bond acceptors (Lipinski definition) is 1. The summed E-state index contributed by atoms with van der Waals surface area (Å²) < 4.78 is 26.7. The Kier molecular flexibility index (Phi) is 3.88. The molecule has 0 aromatic heterocycles. The van der Waals surface area contributed by atoms with Crippen molar-refractivity contribution >= 4 is 11.6 Å². The maximum absolute atomic E-state index is 13.7. The molecule has 0 unspecified atom stereocenters. The smallest absolute Gasteiger partial charge is 0.230 e. The molecular formula is C15H19F2NO. The summed E-state index contributed by atoms with van der Waals surface area (Å²) >= 11 is 0. The van der Waals surface area contributed by atoms with E-state index in [2.05, 4.69) is 5.32 Å². The first-order valence-electron chi connectivity index (χ1n) is 6.69. The van der Waals surface area contributed by atoms with Gasteiger partial charge in [0.15, 0.2) is 0 Å². The van der Waals surface area contributed by atoms with E-state index >= 15 is 0 Å². The number of rotatable bonds is 2. The monoisotopic (exact) mass is 267 g/mol. The number of benzene rings is 1. The molecule has 0 spiro atoms. The third kappa shape index (κ3) is 2.94. The molecule has 1 aliphatic carbocycles. The Hall–Kier alpha value is -1.45. The largest absolute Gasteiger partial charge is 0.323 e. The summed E-state index contributed by atoms with van der Waals surface area (Å²) in [6.45, 7) is 3.50. The Morgan fingerprint density at radius 1 is 1.21 bits per heavy atom. The van der Waals surface area contributed by atoms with Gasteiger partial charge in [0.05, 0.1) is 5.69 Å². The number of carbonyl (C=O) groups is 1. The second-order valence-electron chi connectivity index (χ2n) is 5.65. The lowest BCUT2D eigenvalue weighted by molar-refractivity contribution is -0.126. The highest BCUT2D eigenvalue weighted by Crippen LogP contribution is 2.37. The van der Waals surface area contributed by atoms with E-state index in [1.165, 1.54) is 6.07 Å². The van der Waals surface area contributed by atoms with Crippen LogP contribution in [-0.4, -0.2) is 5.91 Å². The van der Waals surface area contributed by atoms with Crippen LogP contribution in [-0.2, 0) is 4.79 Å². The van der Waals surface area contributed by atoms with Crippen molar-refractivity contribution in [2.75, 3.05) is 5.32 Å². The first-order valence-corrected chi connectivity index (χ1v) is 6.69. The topological polar surface area (TPSA) is 29.1 Å². The summed E-state index contributed by atoms with van der Waals surface area (Å²) in [7, 11) is 0. The van der Waals surface area contributed by atoms with Crippen molar-refractivity contribution in [2.24, 2.45) is 5.41 Å². The van der Waals surface area contributed by atoms with Gasteiger partial charge in [-0.3, -0.25) is 4.79 Å². The molecule has 19 heavy (non-hydrogen) atoms. The molecule has 1 aliphatic rings. The molecule has 104 valence electrons. The van der Waals surface area contributed by atoms with E-state index in [0.29, 0.717) is 5.56 Å². The van der Waals surface area contributed by atoms with Gasteiger partial charge in [-0.05, 0) is 31.4 Å². The quantitative estimate of drug-likeness (QED) is 0.855. The minimum absolute atomic E-state index is 0.0956. The maximum atomic E-state index is 13.7. The normalized spacial score (nSPS) is 18.1. The van der Waals surface area contributed by atoms with E-state index < -0.39 is 17.0 Å². The lowest BCUT2D eigenvalue weighted by Gasteiger charge is -2.32. The van der Waals surface area contributed by atoms with Crippen LogP contribution in [0.25, 0.3) is 0 Å². The molecule has 0 aliphatic heterocycles. The van der Waals surface area contributed by atoms with E-state index in [0.717, 1.165) is 38.2 Å². The van der Waals surface area contributed by atoms with Crippen molar-refractivity contribution in [3.8, 4) is 0 Å². The van der Waals surface area contributed by atoms with Crippen molar-refractivity contribution in [3.63, 3.8) is 0 Å². The van der Waals surface area contributed by atoms with Gasteiger partial charge >= 0.3 is 0 Å². The number of aryl methyl sites for hydroxylation is 1. The lowest BCUT2D eigenvalue weighted by Crippen LogP contribution is -2.35. The second-order valence-corrected chi connectivity index (χ2v) is 5.65. The van der Waals surface area contributed by atoms with E-state index in [1.54, 1.807) is 6.92 Å². The van der Waals surface area contributed by atoms with Gasteiger partial charge in [0.25, 0.3) is 0 Å². The molecule has 0 atom stereocenters. The van der Waals surface area contributed by atoms with Crippen LogP contribution in [0, 0.1) is 24.0 Å². The number of halogens is 2. The number of anilines is 1. The highest BCUT2D eigenvalue weighted by Gasteiger charge is 2.35. The molecule has 2 rings (SSSR count). The number of carbonyl (C=O) groups excluding carboxylic acids is 1. The van der Waals surface area contributed by atoms with Crippen LogP contribution in [0.5, 0.6) is 0 Å². The fourth-order valence-corrected chi connectivity index (χ4v) is 2.68. The highest BCUT2D eigenvalue weighted by atomic mass is 19.1. The Balaban J connectivity index is 2.19. The van der Waals surface area contributed by atoms with Gasteiger partial charge < -0.3 is 5.32 Å². The van der Waals surface area contributed by atoms with Crippen LogP contribution in [0.1, 0.15) is 44.6 Å². The summed E-state index contributed by atoms with van der Waals surface area (Å²) in [5.41, 5.74) is 0.0642. The molecule has 1 aromatic rings. The summed E-state index contributed by atoms with van der Waals surface area (Å²) in [5.74, 6) is -1.51. The average molecular weight is 267 g/mol. The summed E-state index contributed by atoms with van der Waals surface area (Å²) in [6, 6.07) is 2.02. The minimum Gasteiger partial charge on any atom is -0.323 e. The molecular weight excluding hydrogens is 248 g/mol. The zero-order valence-corrected chi connectivity index (χ0v) is 11.4. The van der Waals surface area contributed by atoms with E-state index in [-0.39, 0.29) is 11.6 Å². The maximum Gasteiger partial charge on any atom is 0.230 e. The molecule has 1 aromatic carbocycles. The van der Waals surface area contributed by atoms with Crippen molar-refractivity contribution < 1.29 is 13.6 Å². The summed E-state index contributed by atoms with van der Waals surface area (Å²) in [6.07, 6.45) is 4.83. The SMILES string of the molecule is Cc1cc(F)cc(F)c1NC(=O)C1(C)CCCCC1. The molecule has 0 saturated heterocycles. The molecule has 4 heteroatoms. The van der Waals surface area contributed by atoms with Gasteiger partial charge in [-0.15, -0.1) is 0 Å². The van der Waals surface area contributed by atoms with E-state index in [9.17, 15) is 13.6 Å². The van der Waals surface area contributed by atoms with Crippen LogP contribution in [0.15, 0.2) is 12.1 Å². The Labute approximate surface area is 112 Å². The average Bonchev–Trinajstić information content (AvgIpc) is 2.34. The number of amides is 1. The van der Waals surface area contributed by atoms with E-state index in [4.69, 9.17) is 0 Å². The van der Waals surface area contributed by atoms with Gasteiger partial charge in [0.1, 0.15) is 11.6 Å².